The van der Waals surface area contributed by atoms with Crippen LogP contribution in [0.3, 0.4) is 0 Å². The molecule has 2 aromatic rings. The number of rotatable bonds is 7. The molecule has 1 aliphatic rings. The van der Waals surface area contributed by atoms with E-state index in [1.54, 1.807) is 19.2 Å². The lowest BCUT2D eigenvalue weighted by Crippen LogP contribution is -2.16. The van der Waals surface area contributed by atoms with Crippen molar-refractivity contribution in [2.24, 2.45) is 0 Å². The van der Waals surface area contributed by atoms with Gasteiger partial charge in [-0.1, -0.05) is 24.3 Å². The van der Waals surface area contributed by atoms with Crippen molar-refractivity contribution in [2.75, 3.05) is 7.11 Å². The summed E-state index contributed by atoms with van der Waals surface area (Å²) >= 11 is 0. The fourth-order valence-corrected chi connectivity index (χ4v) is 2.30. The molecule has 22 heavy (non-hydrogen) atoms. The zero-order valence-electron chi connectivity index (χ0n) is 12.6. The summed E-state index contributed by atoms with van der Waals surface area (Å²) in [4.78, 5) is 0. The molecule has 1 aliphatic carbocycles. The topological polar surface area (TPSA) is 30.5 Å². The molecule has 1 saturated carbocycles. The number of ether oxygens (including phenoxy) is 2. The Hall–Kier alpha value is -2.07. The molecule has 116 valence electrons. The molecule has 0 unspecified atom stereocenters. The lowest BCUT2D eigenvalue weighted by molar-refractivity contribution is 0.280. The fraction of sp³-hybridized carbons (Fsp3) is 0.333. The molecule has 0 radical (unpaired) electrons. The molecular weight excluding hydrogens is 281 g/mol. The summed E-state index contributed by atoms with van der Waals surface area (Å²) in [6, 6.07) is 12.9. The fourth-order valence-electron chi connectivity index (χ4n) is 2.30. The van der Waals surface area contributed by atoms with Gasteiger partial charge in [0.05, 0.1) is 7.11 Å². The summed E-state index contributed by atoms with van der Waals surface area (Å²) in [7, 11) is 1.64. The average Bonchev–Trinajstić information content (AvgIpc) is 3.37. The Balaban J connectivity index is 1.72. The van der Waals surface area contributed by atoms with E-state index in [-0.39, 0.29) is 5.82 Å². The van der Waals surface area contributed by atoms with E-state index < -0.39 is 0 Å². The second kappa shape index (κ2) is 6.79. The maximum Gasteiger partial charge on any atom is 0.166 e. The highest BCUT2D eigenvalue weighted by Gasteiger charge is 2.21. The molecule has 0 atom stereocenters. The van der Waals surface area contributed by atoms with Gasteiger partial charge in [0.2, 0.25) is 0 Å². The SMILES string of the molecule is COc1cccc(CNC2CC2)c1OCc1ccc(F)cc1. The van der Waals surface area contributed by atoms with Crippen LogP contribution in [0.2, 0.25) is 0 Å². The normalized spacial score (nSPS) is 13.9. The molecule has 0 heterocycles. The van der Waals surface area contributed by atoms with Gasteiger partial charge in [-0.2, -0.15) is 0 Å². The standard InChI is InChI=1S/C18H20FNO2/c1-21-17-4-2-3-14(11-20-16-9-10-16)18(17)22-12-13-5-7-15(19)8-6-13/h2-8,16,20H,9-12H2,1H3. The van der Waals surface area contributed by atoms with Crippen LogP contribution in [-0.2, 0) is 13.2 Å². The largest absolute Gasteiger partial charge is 0.493 e. The molecule has 3 nitrogen and oxygen atoms in total. The highest BCUT2D eigenvalue weighted by atomic mass is 19.1. The molecule has 0 aliphatic heterocycles. The van der Waals surface area contributed by atoms with Crippen molar-refractivity contribution in [3.8, 4) is 11.5 Å². The van der Waals surface area contributed by atoms with Gasteiger partial charge in [-0.15, -0.1) is 0 Å². The van der Waals surface area contributed by atoms with Crippen molar-refractivity contribution >= 4 is 0 Å². The molecule has 1 fully saturated rings. The van der Waals surface area contributed by atoms with E-state index in [4.69, 9.17) is 9.47 Å². The zero-order chi connectivity index (χ0) is 15.4. The van der Waals surface area contributed by atoms with Gasteiger partial charge in [0.25, 0.3) is 0 Å². The Kier molecular flexibility index (Phi) is 4.59. The maximum atomic E-state index is 12.9. The third-order valence-electron chi connectivity index (χ3n) is 3.74. The Labute approximate surface area is 130 Å². The third kappa shape index (κ3) is 3.77. The predicted octanol–water partition coefficient (Wildman–Crippen LogP) is 3.67. The van der Waals surface area contributed by atoms with Gasteiger partial charge in [-0.25, -0.2) is 4.39 Å². The van der Waals surface area contributed by atoms with Crippen LogP contribution >= 0.6 is 0 Å². The van der Waals surface area contributed by atoms with E-state index in [9.17, 15) is 4.39 Å². The van der Waals surface area contributed by atoms with Crippen molar-refractivity contribution in [3.05, 3.63) is 59.4 Å². The van der Waals surface area contributed by atoms with Crippen LogP contribution in [0.15, 0.2) is 42.5 Å². The highest BCUT2D eigenvalue weighted by molar-refractivity contribution is 5.46. The lowest BCUT2D eigenvalue weighted by Gasteiger charge is -2.15. The summed E-state index contributed by atoms with van der Waals surface area (Å²) in [6.45, 7) is 1.15. The average molecular weight is 301 g/mol. The molecule has 0 aromatic heterocycles. The first-order valence-electron chi connectivity index (χ1n) is 7.53. The molecule has 0 spiro atoms. The zero-order valence-corrected chi connectivity index (χ0v) is 12.6. The second-order valence-corrected chi connectivity index (χ2v) is 5.52. The van der Waals surface area contributed by atoms with Crippen LogP contribution in [0.1, 0.15) is 24.0 Å². The quantitative estimate of drug-likeness (QED) is 0.846. The number of benzene rings is 2. The number of nitrogens with one attached hydrogen (secondary N) is 1. The molecule has 0 saturated heterocycles. The molecule has 0 bridgehead atoms. The molecule has 1 N–H and O–H groups in total. The smallest absolute Gasteiger partial charge is 0.166 e. The summed E-state index contributed by atoms with van der Waals surface area (Å²) in [5.41, 5.74) is 2.00. The van der Waals surface area contributed by atoms with Crippen molar-refractivity contribution in [2.45, 2.75) is 32.0 Å². The van der Waals surface area contributed by atoms with Crippen LogP contribution in [0.5, 0.6) is 11.5 Å². The molecule has 0 amide bonds. The number of halogens is 1. The first-order valence-corrected chi connectivity index (χ1v) is 7.53. The van der Waals surface area contributed by atoms with Gasteiger partial charge in [0.15, 0.2) is 11.5 Å². The van der Waals surface area contributed by atoms with Crippen LogP contribution in [0, 0.1) is 5.82 Å². The maximum absolute atomic E-state index is 12.9. The Bertz CT molecular complexity index is 623. The molecular formula is C18H20FNO2. The molecule has 2 aromatic carbocycles. The van der Waals surface area contributed by atoms with Crippen LogP contribution in [0.25, 0.3) is 0 Å². The highest BCUT2D eigenvalue weighted by Crippen LogP contribution is 2.32. The van der Waals surface area contributed by atoms with Crippen LogP contribution in [-0.4, -0.2) is 13.2 Å². The van der Waals surface area contributed by atoms with Crippen molar-refractivity contribution in [1.29, 1.82) is 0 Å². The van der Waals surface area contributed by atoms with Gasteiger partial charge < -0.3 is 14.8 Å². The Morgan fingerprint density at radius 3 is 2.59 bits per heavy atom. The minimum atomic E-state index is -0.240. The van der Waals surface area contributed by atoms with Gasteiger partial charge >= 0.3 is 0 Å². The predicted molar refractivity (Wildman–Crippen MR) is 83.6 cm³/mol. The second-order valence-electron chi connectivity index (χ2n) is 5.52. The van der Waals surface area contributed by atoms with E-state index in [2.05, 4.69) is 5.32 Å². The van der Waals surface area contributed by atoms with Crippen LogP contribution < -0.4 is 14.8 Å². The van der Waals surface area contributed by atoms with E-state index in [1.807, 2.05) is 18.2 Å². The third-order valence-corrected chi connectivity index (χ3v) is 3.74. The van der Waals surface area contributed by atoms with E-state index in [1.165, 1.54) is 25.0 Å². The van der Waals surface area contributed by atoms with Crippen molar-refractivity contribution in [3.63, 3.8) is 0 Å². The summed E-state index contributed by atoms with van der Waals surface area (Å²) in [5.74, 6) is 1.23. The van der Waals surface area contributed by atoms with Crippen molar-refractivity contribution in [1.82, 2.24) is 5.32 Å². The summed E-state index contributed by atoms with van der Waals surface area (Å²) < 4.78 is 24.3. The Morgan fingerprint density at radius 2 is 1.91 bits per heavy atom. The lowest BCUT2D eigenvalue weighted by atomic mass is 10.1. The monoisotopic (exact) mass is 301 g/mol. The molecule has 3 rings (SSSR count). The van der Waals surface area contributed by atoms with Gasteiger partial charge in [0, 0.05) is 18.2 Å². The molecule has 4 heteroatoms. The van der Waals surface area contributed by atoms with Gasteiger partial charge in [-0.05, 0) is 36.6 Å². The Morgan fingerprint density at radius 1 is 1.14 bits per heavy atom. The summed E-state index contributed by atoms with van der Waals surface area (Å²) in [5, 5.41) is 3.49. The first kappa shape index (κ1) is 14.9. The van der Waals surface area contributed by atoms with E-state index >= 15 is 0 Å². The van der Waals surface area contributed by atoms with Crippen LogP contribution in [0.4, 0.5) is 4.39 Å². The van der Waals surface area contributed by atoms with E-state index in [0.717, 1.165) is 29.2 Å². The van der Waals surface area contributed by atoms with Crippen molar-refractivity contribution < 1.29 is 13.9 Å². The van der Waals surface area contributed by atoms with Gasteiger partial charge in [0.1, 0.15) is 12.4 Å². The minimum Gasteiger partial charge on any atom is -0.493 e. The summed E-state index contributed by atoms with van der Waals surface area (Å²) in [6.07, 6.45) is 2.49. The number of methoxy groups -OCH3 is 1. The minimum absolute atomic E-state index is 0.240. The first-order chi connectivity index (χ1) is 10.8. The van der Waals surface area contributed by atoms with Gasteiger partial charge in [-0.3, -0.25) is 0 Å². The van der Waals surface area contributed by atoms with E-state index in [0.29, 0.717) is 12.6 Å². The number of hydrogen-bond acceptors (Lipinski definition) is 3. The number of hydrogen-bond donors (Lipinski definition) is 1. The number of para-hydroxylation sites is 1.